The molecule has 6 nitrogen and oxygen atoms in total. The fourth-order valence-corrected chi connectivity index (χ4v) is 5.57. The lowest BCUT2D eigenvalue weighted by atomic mass is 10.1. The summed E-state index contributed by atoms with van der Waals surface area (Å²) in [4.78, 5) is 2.82. The van der Waals surface area contributed by atoms with Crippen LogP contribution in [0.3, 0.4) is 0 Å². The van der Waals surface area contributed by atoms with Gasteiger partial charge in [0.2, 0.25) is 10.0 Å². The van der Waals surface area contributed by atoms with E-state index in [4.69, 9.17) is 5.10 Å². The van der Waals surface area contributed by atoms with Crippen LogP contribution < -0.4 is 0 Å². The fourth-order valence-electron chi connectivity index (χ4n) is 4.15. The molecule has 0 atom stereocenters. The van der Waals surface area contributed by atoms with Gasteiger partial charge in [-0.1, -0.05) is 18.2 Å². The SMILES string of the molecule is CC(C)n1nc(CN2CCCC2)c2c1CN(S(=O)(=O)c1ccccc1)CC2. The molecule has 0 spiro atoms. The predicted molar refractivity (Wildman–Crippen MR) is 105 cm³/mol. The van der Waals surface area contributed by atoms with E-state index in [1.165, 1.54) is 18.4 Å². The van der Waals surface area contributed by atoms with Crippen LogP contribution in [0, 0.1) is 0 Å². The van der Waals surface area contributed by atoms with Crippen LogP contribution in [0.4, 0.5) is 0 Å². The topological polar surface area (TPSA) is 58.4 Å². The van der Waals surface area contributed by atoms with E-state index in [1.54, 1.807) is 28.6 Å². The van der Waals surface area contributed by atoms with E-state index in [0.29, 0.717) is 18.0 Å². The number of hydrogen-bond acceptors (Lipinski definition) is 4. The summed E-state index contributed by atoms with van der Waals surface area (Å²) in [5.74, 6) is 0. The maximum atomic E-state index is 13.1. The Kier molecular flexibility index (Phi) is 5.09. The summed E-state index contributed by atoms with van der Waals surface area (Å²) >= 11 is 0. The zero-order chi connectivity index (χ0) is 19.0. The first-order valence-electron chi connectivity index (χ1n) is 9.83. The van der Waals surface area contributed by atoms with Crippen LogP contribution in [0.25, 0.3) is 0 Å². The number of fused-ring (bicyclic) bond motifs is 1. The molecule has 146 valence electrons. The number of rotatable bonds is 5. The van der Waals surface area contributed by atoms with Crippen LogP contribution >= 0.6 is 0 Å². The molecular weight excluding hydrogens is 360 g/mol. The van der Waals surface area contributed by atoms with Crippen LogP contribution in [0.5, 0.6) is 0 Å². The standard InChI is InChI=1S/C20H28N4O2S/c1-16(2)24-20-15-23(27(25,26)17-8-4-3-5-9-17)13-10-18(20)19(21-24)14-22-11-6-7-12-22/h3-5,8-9,16H,6-7,10-15H2,1-2H3. The van der Waals surface area contributed by atoms with Gasteiger partial charge in [0.15, 0.2) is 0 Å². The highest BCUT2D eigenvalue weighted by molar-refractivity contribution is 7.89. The number of nitrogens with zero attached hydrogens (tertiary/aromatic N) is 4. The van der Waals surface area contributed by atoms with Gasteiger partial charge in [-0.05, 0) is 58.3 Å². The summed E-state index contributed by atoms with van der Waals surface area (Å²) in [6.45, 7) is 8.29. The van der Waals surface area contributed by atoms with E-state index in [9.17, 15) is 8.42 Å². The molecule has 3 heterocycles. The highest BCUT2D eigenvalue weighted by Crippen LogP contribution is 2.29. The molecule has 1 saturated heterocycles. The lowest BCUT2D eigenvalue weighted by Crippen LogP contribution is -2.37. The zero-order valence-electron chi connectivity index (χ0n) is 16.1. The third-order valence-electron chi connectivity index (χ3n) is 5.58. The molecule has 7 heteroatoms. The average Bonchev–Trinajstić information content (AvgIpc) is 3.30. The second kappa shape index (κ2) is 7.37. The molecule has 2 aromatic rings. The van der Waals surface area contributed by atoms with Crippen molar-refractivity contribution in [3.8, 4) is 0 Å². The van der Waals surface area contributed by atoms with E-state index >= 15 is 0 Å². The van der Waals surface area contributed by atoms with Crippen LogP contribution in [0.15, 0.2) is 35.2 Å². The van der Waals surface area contributed by atoms with Gasteiger partial charge in [-0.25, -0.2) is 8.42 Å². The number of hydrogen-bond donors (Lipinski definition) is 0. The summed E-state index contributed by atoms with van der Waals surface area (Å²) in [6.07, 6.45) is 3.25. The van der Waals surface area contributed by atoms with Crippen LogP contribution in [-0.4, -0.2) is 47.0 Å². The summed E-state index contributed by atoms with van der Waals surface area (Å²) < 4.78 is 29.7. The van der Waals surface area contributed by atoms with Gasteiger partial charge in [-0.15, -0.1) is 0 Å². The monoisotopic (exact) mass is 388 g/mol. The number of sulfonamides is 1. The van der Waals surface area contributed by atoms with Gasteiger partial charge in [-0.2, -0.15) is 9.40 Å². The van der Waals surface area contributed by atoms with Crippen molar-refractivity contribution in [2.75, 3.05) is 19.6 Å². The van der Waals surface area contributed by atoms with Crippen molar-refractivity contribution in [2.45, 2.75) is 57.1 Å². The van der Waals surface area contributed by atoms with Crippen LogP contribution in [0.1, 0.15) is 49.7 Å². The van der Waals surface area contributed by atoms with Gasteiger partial charge in [0.25, 0.3) is 0 Å². The highest BCUT2D eigenvalue weighted by atomic mass is 32.2. The molecule has 1 fully saturated rings. The molecule has 2 aliphatic heterocycles. The van der Waals surface area contributed by atoms with Crippen molar-refractivity contribution in [3.63, 3.8) is 0 Å². The second-order valence-corrected chi connectivity index (χ2v) is 9.73. The van der Waals surface area contributed by atoms with E-state index in [-0.39, 0.29) is 6.04 Å². The van der Waals surface area contributed by atoms with E-state index in [2.05, 4.69) is 18.7 Å². The average molecular weight is 389 g/mol. The van der Waals surface area contributed by atoms with Crippen molar-refractivity contribution in [2.24, 2.45) is 0 Å². The summed E-state index contributed by atoms with van der Waals surface area (Å²) in [5, 5.41) is 4.90. The molecule has 4 rings (SSSR count). The smallest absolute Gasteiger partial charge is 0.243 e. The van der Waals surface area contributed by atoms with Gasteiger partial charge in [0.05, 0.1) is 22.8 Å². The van der Waals surface area contributed by atoms with Crippen molar-refractivity contribution in [1.82, 2.24) is 19.0 Å². The molecule has 0 bridgehead atoms. The minimum absolute atomic E-state index is 0.213. The van der Waals surface area contributed by atoms with Gasteiger partial charge >= 0.3 is 0 Å². The van der Waals surface area contributed by atoms with Crippen molar-refractivity contribution >= 4 is 10.0 Å². The zero-order valence-corrected chi connectivity index (χ0v) is 17.0. The van der Waals surface area contributed by atoms with E-state index < -0.39 is 10.0 Å². The molecule has 0 radical (unpaired) electrons. The molecule has 27 heavy (non-hydrogen) atoms. The summed E-state index contributed by atoms with van der Waals surface area (Å²) in [6, 6.07) is 8.94. The third-order valence-corrected chi connectivity index (χ3v) is 7.44. The van der Waals surface area contributed by atoms with E-state index in [0.717, 1.165) is 37.4 Å². The Morgan fingerprint density at radius 1 is 1.07 bits per heavy atom. The van der Waals surface area contributed by atoms with Crippen molar-refractivity contribution < 1.29 is 8.42 Å². The maximum Gasteiger partial charge on any atom is 0.243 e. The molecule has 0 N–H and O–H groups in total. The Balaban J connectivity index is 1.64. The fraction of sp³-hybridized carbons (Fsp3) is 0.550. The minimum atomic E-state index is -3.48. The van der Waals surface area contributed by atoms with Gasteiger partial charge in [0, 0.05) is 24.7 Å². The second-order valence-electron chi connectivity index (χ2n) is 7.80. The Morgan fingerprint density at radius 2 is 1.78 bits per heavy atom. The van der Waals surface area contributed by atoms with Gasteiger partial charge in [0.1, 0.15) is 0 Å². The Bertz CT molecular complexity index is 900. The lowest BCUT2D eigenvalue weighted by Gasteiger charge is -2.28. The molecule has 1 aromatic heterocycles. The van der Waals surface area contributed by atoms with Gasteiger partial charge < -0.3 is 0 Å². The summed E-state index contributed by atoms with van der Waals surface area (Å²) in [7, 11) is -3.48. The number of likely N-dealkylation sites (tertiary alicyclic amines) is 1. The summed E-state index contributed by atoms with van der Waals surface area (Å²) in [5.41, 5.74) is 3.46. The quantitative estimate of drug-likeness (QED) is 0.790. The Hall–Kier alpha value is -1.70. The first kappa shape index (κ1) is 18.7. The van der Waals surface area contributed by atoms with Crippen molar-refractivity contribution in [3.05, 3.63) is 47.3 Å². The Morgan fingerprint density at radius 3 is 2.44 bits per heavy atom. The highest BCUT2D eigenvalue weighted by Gasteiger charge is 2.33. The van der Waals surface area contributed by atoms with Crippen molar-refractivity contribution in [1.29, 1.82) is 0 Å². The molecule has 0 aliphatic carbocycles. The first-order valence-corrected chi connectivity index (χ1v) is 11.3. The maximum absolute atomic E-state index is 13.1. The molecule has 0 amide bonds. The molecular formula is C20H28N4O2S. The number of aromatic nitrogens is 2. The largest absolute Gasteiger partial charge is 0.297 e. The molecule has 2 aliphatic rings. The molecule has 0 unspecified atom stereocenters. The lowest BCUT2D eigenvalue weighted by molar-refractivity contribution is 0.323. The third kappa shape index (κ3) is 3.56. The van der Waals surface area contributed by atoms with Crippen LogP contribution in [-0.2, 0) is 29.5 Å². The number of benzene rings is 1. The predicted octanol–water partition coefficient (Wildman–Crippen LogP) is 2.81. The van der Waals surface area contributed by atoms with Gasteiger partial charge in [-0.3, -0.25) is 9.58 Å². The minimum Gasteiger partial charge on any atom is -0.297 e. The normalized spacial score (nSPS) is 18.9. The molecule has 0 saturated carbocycles. The first-order chi connectivity index (χ1) is 13.0. The van der Waals surface area contributed by atoms with E-state index in [1.807, 2.05) is 10.7 Å². The Labute approximate surface area is 161 Å². The van der Waals surface area contributed by atoms with Crippen LogP contribution in [0.2, 0.25) is 0 Å². The molecule has 1 aromatic carbocycles.